The molecule has 1 aliphatic rings. The summed E-state index contributed by atoms with van der Waals surface area (Å²) in [6, 6.07) is 15.9. The molecular formula is C21H23N3O2. The van der Waals surface area contributed by atoms with Crippen molar-refractivity contribution in [2.75, 3.05) is 13.1 Å². The highest BCUT2D eigenvalue weighted by atomic mass is 16.3. The van der Waals surface area contributed by atoms with Gasteiger partial charge in [-0.15, -0.1) is 0 Å². The van der Waals surface area contributed by atoms with Crippen LogP contribution in [-0.2, 0) is 19.5 Å². The van der Waals surface area contributed by atoms with Crippen LogP contribution < -0.4 is 5.56 Å². The minimum absolute atomic E-state index is 0.144. The SMILES string of the molecule is Cc1nn(C[C@@H](O)CN2CCc3ccccc3C2)c(=O)c2ccccc12. The van der Waals surface area contributed by atoms with E-state index in [1.165, 1.54) is 15.8 Å². The maximum Gasteiger partial charge on any atom is 0.274 e. The number of β-amino-alcohol motifs (C(OH)–C–C–N with tert-alkyl or cyclic N) is 1. The summed E-state index contributed by atoms with van der Waals surface area (Å²) in [5.41, 5.74) is 3.37. The summed E-state index contributed by atoms with van der Waals surface area (Å²) in [6.07, 6.45) is 0.363. The topological polar surface area (TPSA) is 58.4 Å². The van der Waals surface area contributed by atoms with Gasteiger partial charge in [0.1, 0.15) is 0 Å². The summed E-state index contributed by atoms with van der Waals surface area (Å²) in [4.78, 5) is 14.9. The van der Waals surface area contributed by atoms with Crippen molar-refractivity contribution >= 4 is 10.8 Å². The van der Waals surface area contributed by atoms with E-state index < -0.39 is 6.10 Å². The number of hydrogen-bond acceptors (Lipinski definition) is 4. The molecule has 134 valence electrons. The Labute approximate surface area is 152 Å². The fourth-order valence-corrected chi connectivity index (χ4v) is 3.79. The summed E-state index contributed by atoms with van der Waals surface area (Å²) in [6.45, 7) is 4.41. The van der Waals surface area contributed by atoms with Gasteiger partial charge in [0.25, 0.3) is 5.56 Å². The van der Waals surface area contributed by atoms with Crippen LogP contribution in [0, 0.1) is 6.92 Å². The first-order valence-electron chi connectivity index (χ1n) is 9.05. The highest BCUT2D eigenvalue weighted by molar-refractivity contribution is 5.83. The van der Waals surface area contributed by atoms with E-state index in [1.54, 1.807) is 0 Å². The zero-order valence-electron chi connectivity index (χ0n) is 14.9. The van der Waals surface area contributed by atoms with Crippen LogP contribution in [0.15, 0.2) is 53.3 Å². The molecule has 0 radical (unpaired) electrons. The van der Waals surface area contributed by atoms with Crippen molar-refractivity contribution in [2.24, 2.45) is 0 Å². The van der Waals surface area contributed by atoms with Crippen LogP contribution in [0.3, 0.4) is 0 Å². The number of nitrogens with zero attached hydrogens (tertiary/aromatic N) is 3. The van der Waals surface area contributed by atoms with Crippen LogP contribution in [0.25, 0.3) is 10.8 Å². The van der Waals surface area contributed by atoms with Crippen LogP contribution >= 0.6 is 0 Å². The Balaban J connectivity index is 1.49. The number of aromatic nitrogens is 2. The normalized spacial score (nSPS) is 15.8. The number of hydrogen-bond donors (Lipinski definition) is 1. The van der Waals surface area contributed by atoms with Crippen molar-refractivity contribution < 1.29 is 5.11 Å². The number of aliphatic hydroxyl groups is 1. The summed E-state index contributed by atoms with van der Waals surface area (Å²) in [5.74, 6) is 0. The van der Waals surface area contributed by atoms with Crippen molar-refractivity contribution in [1.29, 1.82) is 0 Å². The average molecular weight is 349 g/mol. The van der Waals surface area contributed by atoms with Gasteiger partial charge in [-0.05, 0) is 30.5 Å². The summed E-state index contributed by atoms with van der Waals surface area (Å²) in [7, 11) is 0. The number of benzene rings is 2. The van der Waals surface area contributed by atoms with Gasteiger partial charge in [-0.3, -0.25) is 9.69 Å². The van der Waals surface area contributed by atoms with Crippen LogP contribution in [0.1, 0.15) is 16.8 Å². The molecule has 0 bridgehead atoms. The first-order chi connectivity index (χ1) is 12.6. The highest BCUT2D eigenvalue weighted by Gasteiger charge is 2.19. The third kappa shape index (κ3) is 3.28. The van der Waals surface area contributed by atoms with Gasteiger partial charge in [0.15, 0.2) is 0 Å². The second kappa shape index (κ2) is 7.02. The van der Waals surface area contributed by atoms with Crippen molar-refractivity contribution in [1.82, 2.24) is 14.7 Å². The largest absolute Gasteiger partial charge is 0.390 e. The molecule has 0 spiro atoms. The monoisotopic (exact) mass is 349 g/mol. The molecule has 0 unspecified atom stereocenters. The molecule has 1 atom stereocenters. The fraction of sp³-hybridized carbons (Fsp3) is 0.333. The predicted molar refractivity (Wildman–Crippen MR) is 102 cm³/mol. The Morgan fingerprint density at radius 2 is 1.73 bits per heavy atom. The van der Waals surface area contributed by atoms with Gasteiger partial charge in [-0.2, -0.15) is 5.10 Å². The van der Waals surface area contributed by atoms with E-state index in [1.807, 2.05) is 31.2 Å². The standard InChI is InChI=1S/C21H23N3O2/c1-15-19-8-4-5-9-20(19)21(26)24(22-15)14-18(25)13-23-11-10-16-6-2-3-7-17(16)12-23/h2-9,18,25H,10-14H2,1H3/t18-/m0/s1. The molecular weight excluding hydrogens is 326 g/mol. The van der Waals surface area contributed by atoms with Gasteiger partial charge in [0, 0.05) is 25.0 Å². The highest BCUT2D eigenvalue weighted by Crippen LogP contribution is 2.18. The van der Waals surface area contributed by atoms with E-state index in [4.69, 9.17) is 0 Å². The van der Waals surface area contributed by atoms with Crippen molar-refractivity contribution in [3.05, 3.63) is 75.7 Å². The molecule has 26 heavy (non-hydrogen) atoms. The van der Waals surface area contributed by atoms with Gasteiger partial charge in [0.05, 0.1) is 23.7 Å². The van der Waals surface area contributed by atoms with Crippen molar-refractivity contribution in [2.45, 2.75) is 32.5 Å². The number of rotatable bonds is 4. The first-order valence-corrected chi connectivity index (χ1v) is 9.05. The quantitative estimate of drug-likeness (QED) is 0.784. The third-order valence-electron chi connectivity index (χ3n) is 5.11. The minimum Gasteiger partial charge on any atom is -0.390 e. The molecule has 0 amide bonds. The summed E-state index contributed by atoms with van der Waals surface area (Å²) < 4.78 is 1.40. The van der Waals surface area contributed by atoms with Gasteiger partial charge in [-0.1, -0.05) is 42.5 Å². The van der Waals surface area contributed by atoms with Gasteiger partial charge in [0.2, 0.25) is 0 Å². The van der Waals surface area contributed by atoms with E-state index in [0.717, 1.165) is 30.6 Å². The number of aryl methyl sites for hydroxylation is 1. The van der Waals surface area contributed by atoms with Crippen molar-refractivity contribution in [3.63, 3.8) is 0 Å². The molecule has 1 aliphatic heterocycles. The minimum atomic E-state index is -0.633. The predicted octanol–water partition coefficient (Wildman–Crippen LogP) is 2.12. The van der Waals surface area contributed by atoms with E-state index in [0.29, 0.717) is 11.9 Å². The summed E-state index contributed by atoms with van der Waals surface area (Å²) >= 11 is 0. The van der Waals surface area contributed by atoms with Crippen molar-refractivity contribution in [3.8, 4) is 0 Å². The Morgan fingerprint density at radius 1 is 1.04 bits per heavy atom. The molecule has 5 nitrogen and oxygen atoms in total. The van der Waals surface area contributed by atoms with Gasteiger partial charge < -0.3 is 5.11 Å². The maximum atomic E-state index is 12.6. The lowest BCUT2D eigenvalue weighted by Gasteiger charge is -2.30. The average Bonchev–Trinajstić information content (AvgIpc) is 2.66. The molecule has 2 heterocycles. The second-order valence-electron chi connectivity index (χ2n) is 7.03. The van der Waals surface area contributed by atoms with E-state index in [9.17, 15) is 9.90 Å². The molecule has 2 aromatic carbocycles. The van der Waals surface area contributed by atoms with E-state index >= 15 is 0 Å². The zero-order chi connectivity index (χ0) is 18.1. The Hall–Kier alpha value is -2.50. The fourth-order valence-electron chi connectivity index (χ4n) is 3.79. The lowest BCUT2D eigenvalue weighted by Crippen LogP contribution is -2.40. The maximum absolute atomic E-state index is 12.6. The molecule has 0 saturated heterocycles. The van der Waals surface area contributed by atoms with Crippen LogP contribution in [-0.4, -0.2) is 39.0 Å². The Morgan fingerprint density at radius 3 is 2.54 bits per heavy atom. The molecule has 0 saturated carbocycles. The smallest absolute Gasteiger partial charge is 0.274 e. The van der Waals surface area contributed by atoms with E-state index in [2.05, 4.69) is 34.3 Å². The van der Waals surface area contributed by atoms with Gasteiger partial charge >= 0.3 is 0 Å². The Bertz CT molecular complexity index is 996. The molecule has 0 fully saturated rings. The molecule has 4 rings (SSSR count). The molecule has 1 N–H and O–H groups in total. The molecule has 3 aromatic rings. The molecule has 5 heteroatoms. The number of aliphatic hydroxyl groups excluding tert-OH is 1. The van der Waals surface area contributed by atoms with Gasteiger partial charge in [-0.25, -0.2) is 4.68 Å². The summed E-state index contributed by atoms with van der Waals surface area (Å²) in [5, 5.41) is 16.5. The second-order valence-corrected chi connectivity index (χ2v) is 7.03. The first kappa shape index (κ1) is 16.9. The Kier molecular flexibility index (Phi) is 4.57. The lowest BCUT2D eigenvalue weighted by molar-refractivity contribution is 0.0877. The number of fused-ring (bicyclic) bond motifs is 2. The van der Waals surface area contributed by atoms with Crippen LogP contribution in [0.5, 0.6) is 0 Å². The lowest BCUT2D eigenvalue weighted by atomic mass is 10.00. The van der Waals surface area contributed by atoms with Crippen LogP contribution in [0.2, 0.25) is 0 Å². The zero-order valence-corrected chi connectivity index (χ0v) is 14.9. The molecule has 0 aliphatic carbocycles. The third-order valence-corrected chi connectivity index (χ3v) is 5.11. The molecule has 1 aromatic heterocycles. The van der Waals surface area contributed by atoms with E-state index in [-0.39, 0.29) is 12.1 Å². The van der Waals surface area contributed by atoms with Crippen LogP contribution in [0.4, 0.5) is 0 Å².